The molecule has 0 heterocycles. The summed E-state index contributed by atoms with van der Waals surface area (Å²) < 4.78 is 0. The number of Topliss-reactive ketones (excluding diaryl/α,β-unsaturated/α-hetero) is 1. The predicted molar refractivity (Wildman–Crippen MR) is 72.6 cm³/mol. The zero-order valence-corrected chi connectivity index (χ0v) is 10.6. The molecule has 0 spiro atoms. The smallest absolute Gasteiger partial charge is 0.269 e. The standard InChI is InChI=1S/C14H10ClNO3/c15-12-3-1-2-10(8-12)9-14(17)11-4-6-13(7-5-11)16(18)19/h1-8H,9H2. The van der Waals surface area contributed by atoms with Gasteiger partial charge in [0.1, 0.15) is 0 Å². The zero-order chi connectivity index (χ0) is 13.8. The van der Waals surface area contributed by atoms with Crippen LogP contribution in [0.25, 0.3) is 0 Å². The lowest BCUT2D eigenvalue weighted by atomic mass is 10.0. The first kappa shape index (κ1) is 13.2. The third kappa shape index (κ3) is 3.39. The third-order valence-electron chi connectivity index (χ3n) is 2.65. The van der Waals surface area contributed by atoms with E-state index in [-0.39, 0.29) is 17.9 Å². The second-order valence-electron chi connectivity index (χ2n) is 4.03. The van der Waals surface area contributed by atoms with E-state index in [4.69, 9.17) is 11.6 Å². The fraction of sp³-hybridized carbons (Fsp3) is 0.0714. The van der Waals surface area contributed by atoms with Crippen LogP contribution < -0.4 is 0 Å². The van der Waals surface area contributed by atoms with Gasteiger partial charge in [-0.1, -0.05) is 23.7 Å². The molecule has 0 amide bonds. The Labute approximate surface area is 114 Å². The van der Waals surface area contributed by atoms with Crippen LogP contribution >= 0.6 is 11.6 Å². The number of hydrogen-bond acceptors (Lipinski definition) is 3. The van der Waals surface area contributed by atoms with Crippen LogP contribution in [0.3, 0.4) is 0 Å². The second kappa shape index (κ2) is 5.63. The summed E-state index contributed by atoms with van der Waals surface area (Å²) in [5.41, 5.74) is 1.24. The van der Waals surface area contributed by atoms with Gasteiger partial charge in [0.2, 0.25) is 0 Å². The molecule has 0 bridgehead atoms. The molecule has 0 radical (unpaired) electrons. The van der Waals surface area contributed by atoms with E-state index in [0.717, 1.165) is 5.56 Å². The van der Waals surface area contributed by atoms with E-state index in [9.17, 15) is 14.9 Å². The number of nitrogens with zero attached hydrogens (tertiary/aromatic N) is 1. The molecule has 19 heavy (non-hydrogen) atoms. The maximum absolute atomic E-state index is 12.0. The summed E-state index contributed by atoms with van der Waals surface area (Å²) in [6.07, 6.45) is 0.221. The Morgan fingerprint density at radius 3 is 2.42 bits per heavy atom. The van der Waals surface area contributed by atoms with Gasteiger partial charge >= 0.3 is 0 Å². The normalized spacial score (nSPS) is 10.2. The van der Waals surface area contributed by atoms with Crippen LogP contribution in [0.5, 0.6) is 0 Å². The van der Waals surface area contributed by atoms with E-state index in [1.165, 1.54) is 24.3 Å². The maximum Gasteiger partial charge on any atom is 0.269 e. The average Bonchev–Trinajstić information content (AvgIpc) is 2.39. The molecule has 0 aliphatic heterocycles. The van der Waals surface area contributed by atoms with Gasteiger partial charge in [0.05, 0.1) is 4.92 Å². The molecule has 0 atom stereocenters. The fourth-order valence-corrected chi connectivity index (χ4v) is 1.92. The summed E-state index contributed by atoms with van der Waals surface area (Å²) in [6, 6.07) is 12.6. The molecule has 0 aromatic heterocycles. The first-order chi connectivity index (χ1) is 9.06. The molecule has 0 N–H and O–H groups in total. The minimum absolute atomic E-state index is 0.0284. The van der Waals surface area contributed by atoms with Crippen LogP contribution in [0.1, 0.15) is 15.9 Å². The van der Waals surface area contributed by atoms with Crippen molar-refractivity contribution in [1.82, 2.24) is 0 Å². The molecule has 0 saturated carbocycles. The van der Waals surface area contributed by atoms with Gasteiger partial charge in [-0.15, -0.1) is 0 Å². The van der Waals surface area contributed by atoms with Gasteiger partial charge in [0.25, 0.3) is 5.69 Å². The Hall–Kier alpha value is -2.20. The van der Waals surface area contributed by atoms with Crippen molar-refractivity contribution in [3.63, 3.8) is 0 Å². The quantitative estimate of drug-likeness (QED) is 0.486. The zero-order valence-electron chi connectivity index (χ0n) is 9.88. The number of hydrogen-bond donors (Lipinski definition) is 0. The van der Waals surface area contributed by atoms with Crippen molar-refractivity contribution in [2.45, 2.75) is 6.42 Å². The number of carbonyl (C=O) groups is 1. The Kier molecular flexibility index (Phi) is 3.92. The van der Waals surface area contributed by atoms with Crippen molar-refractivity contribution < 1.29 is 9.72 Å². The Bertz CT molecular complexity index is 623. The molecule has 4 nitrogen and oxygen atoms in total. The van der Waals surface area contributed by atoms with Crippen LogP contribution in [0.4, 0.5) is 5.69 Å². The van der Waals surface area contributed by atoms with Gasteiger partial charge in [0, 0.05) is 29.1 Å². The van der Waals surface area contributed by atoms with E-state index in [1.54, 1.807) is 18.2 Å². The SMILES string of the molecule is O=C(Cc1cccc(Cl)c1)c1ccc([N+](=O)[O-])cc1. The second-order valence-corrected chi connectivity index (χ2v) is 4.47. The molecular formula is C14H10ClNO3. The molecule has 0 unspecified atom stereocenters. The minimum atomic E-state index is -0.495. The van der Waals surface area contributed by atoms with Gasteiger partial charge in [0.15, 0.2) is 5.78 Å². The van der Waals surface area contributed by atoms with Crippen LogP contribution in [0.2, 0.25) is 5.02 Å². The van der Waals surface area contributed by atoms with Crippen molar-refractivity contribution in [2.75, 3.05) is 0 Å². The fourth-order valence-electron chi connectivity index (χ4n) is 1.70. The first-order valence-corrected chi connectivity index (χ1v) is 5.96. The summed E-state index contributed by atoms with van der Waals surface area (Å²) in [6.45, 7) is 0. The summed E-state index contributed by atoms with van der Waals surface area (Å²) in [5.74, 6) is -0.0998. The highest BCUT2D eigenvalue weighted by Gasteiger charge is 2.10. The molecule has 2 aromatic rings. The van der Waals surface area contributed by atoms with Crippen LogP contribution in [0.15, 0.2) is 48.5 Å². The summed E-state index contributed by atoms with van der Waals surface area (Å²) in [7, 11) is 0. The number of non-ortho nitro benzene ring substituents is 1. The highest BCUT2D eigenvalue weighted by Crippen LogP contribution is 2.16. The lowest BCUT2D eigenvalue weighted by molar-refractivity contribution is -0.384. The topological polar surface area (TPSA) is 60.2 Å². The molecule has 96 valence electrons. The molecule has 5 heteroatoms. The summed E-state index contributed by atoms with van der Waals surface area (Å²) >= 11 is 5.84. The van der Waals surface area contributed by atoms with E-state index in [2.05, 4.69) is 0 Å². The van der Waals surface area contributed by atoms with Crippen LogP contribution in [0, 0.1) is 10.1 Å². The molecule has 0 fully saturated rings. The van der Waals surface area contributed by atoms with Crippen molar-refractivity contribution in [3.05, 3.63) is 74.8 Å². The average molecular weight is 276 g/mol. The predicted octanol–water partition coefficient (Wildman–Crippen LogP) is 3.67. The van der Waals surface area contributed by atoms with Gasteiger partial charge in [-0.3, -0.25) is 14.9 Å². The molecule has 2 rings (SSSR count). The maximum atomic E-state index is 12.0. The lowest BCUT2D eigenvalue weighted by Crippen LogP contribution is -2.03. The summed E-state index contributed by atoms with van der Waals surface area (Å²) in [5, 5.41) is 11.1. The van der Waals surface area contributed by atoms with Crippen molar-refractivity contribution in [2.24, 2.45) is 0 Å². The Balaban J connectivity index is 2.14. The van der Waals surface area contributed by atoms with Crippen LogP contribution in [-0.4, -0.2) is 10.7 Å². The molecule has 2 aromatic carbocycles. The third-order valence-corrected chi connectivity index (χ3v) is 2.89. The molecule has 0 aliphatic carbocycles. The monoisotopic (exact) mass is 275 g/mol. The van der Waals surface area contributed by atoms with Crippen molar-refractivity contribution >= 4 is 23.1 Å². The number of ketones is 1. The van der Waals surface area contributed by atoms with Crippen molar-refractivity contribution in [1.29, 1.82) is 0 Å². The summed E-state index contributed by atoms with van der Waals surface area (Å²) in [4.78, 5) is 22.0. The number of carbonyl (C=O) groups excluding carboxylic acids is 1. The number of halogens is 1. The highest BCUT2D eigenvalue weighted by atomic mass is 35.5. The van der Waals surface area contributed by atoms with E-state index in [0.29, 0.717) is 10.6 Å². The Morgan fingerprint density at radius 1 is 1.16 bits per heavy atom. The largest absolute Gasteiger partial charge is 0.294 e. The van der Waals surface area contributed by atoms with Gasteiger partial charge in [-0.2, -0.15) is 0 Å². The Morgan fingerprint density at radius 2 is 1.84 bits per heavy atom. The van der Waals surface area contributed by atoms with E-state index >= 15 is 0 Å². The lowest BCUT2D eigenvalue weighted by Gasteiger charge is -2.02. The molecular weight excluding hydrogens is 266 g/mol. The van der Waals surface area contributed by atoms with Gasteiger partial charge in [-0.05, 0) is 29.8 Å². The highest BCUT2D eigenvalue weighted by molar-refractivity contribution is 6.30. The molecule has 0 saturated heterocycles. The molecule has 0 aliphatic rings. The number of rotatable bonds is 4. The first-order valence-electron chi connectivity index (χ1n) is 5.58. The minimum Gasteiger partial charge on any atom is -0.294 e. The van der Waals surface area contributed by atoms with Gasteiger partial charge < -0.3 is 0 Å². The van der Waals surface area contributed by atoms with E-state index < -0.39 is 4.92 Å². The van der Waals surface area contributed by atoms with E-state index in [1.807, 2.05) is 6.07 Å². The van der Waals surface area contributed by atoms with Crippen LogP contribution in [-0.2, 0) is 6.42 Å². The number of benzene rings is 2. The van der Waals surface area contributed by atoms with Crippen molar-refractivity contribution in [3.8, 4) is 0 Å². The number of nitro benzene ring substituents is 1. The number of nitro groups is 1. The van der Waals surface area contributed by atoms with Gasteiger partial charge in [-0.25, -0.2) is 0 Å².